The summed E-state index contributed by atoms with van der Waals surface area (Å²) in [5, 5.41) is 3.28. The summed E-state index contributed by atoms with van der Waals surface area (Å²) in [6.45, 7) is 4.35. The Bertz CT molecular complexity index is 428. The third-order valence-corrected chi connectivity index (χ3v) is 3.85. The monoisotopic (exact) mass is 312 g/mol. The highest BCUT2D eigenvalue weighted by Crippen LogP contribution is 2.15. The molecule has 2 rings (SSSR count). The molecule has 1 aromatic carbocycles. The van der Waals surface area contributed by atoms with Gasteiger partial charge in [0.05, 0.1) is 13.0 Å². The molecule has 118 valence electrons. The fourth-order valence-electron chi connectivity index (χ4n) is 2.57. The fourth-order valence-corrected chi connectivity index (χ4v) is 2.57. The number of nitrogens with zero attached hydrogens (tertiary/aromatic N) is 1. The Kier molecular flexibility index (Phi) is 7.54. The van der Waals surface area contributed by atoms with Crippen molar-refractivity contribution in [2.75, 3.05) is 26.7 Å². The van der Waals surface area contributed by atoms with Crippen LogP contribution in [0.4, 0.5) is 0 Å². The Labute approximate surface area is 133 Å². The van der Waals surface area contributed by atoms with Crippen molar-refractivity contribution in [2.24, 2.45) is 0 Å². The van der Waals surface area contributed by atoms with Gasteiger partial charge in [-0.3, -0.25) is 4.79 Å². The van der Waals surface area contributed by atoms with E-state index in [1.54, 1.807) is 0 Å². The number of carbonyl (C=O) groups excluding carboxylic acids is 1. The van der Waals surface area contributed by atoms with Crippen LogP contribution in [0.5, 0.6) is 5.75 Å². The van der Waals surface area contributed by atoms with Gasteiger partial charge in [0.2, 0.25) is 5.91 Å². The van der Waals surface area contributed by atoms with Gasteiger partial charge in [-0.1, -0.05) is 12.1 Å². The van der Waals surface area contributed by atoms with Gasteiger partial charge in [0.15, 0.2) is 0 Å². The maximum absolute atomic E-state index is 12.2. The minimum absolute atomic E-state index is 0. The number of halogens is 1. The standard InChI is InChI=1S/C16H24N2O2.ClH/c1-3-20-15-6-4-13(5-7-15)12-16(19)18-10-8-14(17-2)9-11-18;/h4-7,14,17H,3,8-12H2,1-2H3;1H. The number of likely N-dealkylation sites (tertiary alicyclic amines) is 1. The van der Waals surface area contributed by atoms with Crippen molar-refractivity contribution < 1.29 is 9.53 Å². The highest BCUT2D eigenvalue weighted by molar-refractivity contribution is 5.85. The van der Waals surface area contributed by atoms with Crippen molar-refractivity contribution in [1.29, 1.82) is 0 Å². The molecule has 0 aromatic heterocycles. The number of ether oxygens (including phenoxy) is 1. The van der Waals surface area contributed by atoms with E-state index in [9.17, 15) is 4.79 Å². The normalized spacial score (nSPS) is 15.4. The van der Waals surface area contributed by atoms with Crippen molar-refractivity contribution in [3.05, 3.63) is 29.8 Å². The predicted octanol–water partition coefficient (Wildman–Crippen LogP) is 2.26. The van der Waals surface area contributed by atoms with Gasteiger partial charge in [0, 0.05) is 19.1 Å². The first-order valence-corrected chi connectivity index (χ1v) is 7.39. The van der Waals surface area contributed by atoms with E-state index in [-0.39, 0.29) is 18.3 Å². The summed E-state index contributed by atoms with van der Waals surface area (Å²) >= 11 is 0. The number of nitrogens with one attached hydrogen (secondary N) is 1. The van der Waals surface area contributed by atoms with Crippen LogP contribution in [0.15, 0.2) is 24.3 Å². The molecule has 0 unspecified atom stereocenters. The lowest BCUT2D eigenvalue weighted by molar-refractivity contribution is -0.131. The lowest BCUT2D eigenvalue weighted by Gasteiger charge is -2.31. The van der Waals surface area contributed by atoms with E-state index in [4.69, 9.17) is 4.74 Å². The minimum atomic E-state index is 0. The molecule has 5 heteroatoms. The predicted molar refractivity (Wildman–Crippen MR) is 87.2 cm³/mol. The van der Waals surface area contributed by atoms with E-state index in [0.717, 1.165) is 37.2 Å². The van der Waals surface area contributed by atoms with Crippen molar-refractivity contribution in [2.45, 2.75) is 32.2 Å². The van der Waals surface area contributed by atoms with Gasteiger partial charge in [-0.15, -0.1) is 12.4 Å². The number of amides is 1. The molecule has 0 radical (unpaired) electrons. The molecule has 1 aliphatic heterocycles. The molecular formula is C16H25ClN2O2. The van der Waals surface area contributed by atoms with Crippen LogP contribution in [0, 0.1) is 0 Å². The second-order valence-corrected chi connectivity index (χ2v) is 5.20. The van der Waals surface area contributed by atoms with Crippen LogP contribution in [0.2, 0.25) is 0 Å². The third-order valence-electron chi connectivity index (χ3n) is 3.85. The summed E-state index contributed by atoms with van der Waals surface area (Å²) in [5.74, 6) is 1.09. The maximum atomic E-state index is 12.2. The fraction of sp³-hybridized carbons (Fsp3) is 0.562. The molecule has 0 atom stereocenters. The molecule has 1 aromatic rings. The van der Waals surface area contributed by atoms with Crippen molar-refractivity contribution in [1.82, 2.24) is 10.2 Å². The van der Waals surface area contributed by atoms with Crippen LogP contribution in [-0.4, -0.2) is 43.6 Å². The van der Waals surface area contributed by atoms with E-state index >= 15 is 0 Å². The topological polar surface area (TPSA) is 41.6 Å². The second-order valence-electron chi connectivity index (χ2n) is 5.20. The van der Waals surface area contributed by atoms with Crippen LogP contribution in [0.25, 0.3) is 0 Å². The zero-order chi connectivity index (χ0) is 14.4. The molecule has 1 aliphatic rings. The van der Waals surface area contributed by atoms with Gasteiger partial charge in [-0.2, -0.15) is 0 Å². The second kappa shape index (κ2) is 8.90. The van der Waals surface area contributed by atoms with Crippen molar-refractivity contribution in [3.63, 3.8) is 0 Å². The van der Waals surface area contributed by atoms with E-state index in [2.05, 4.69) is 5.32 Å². The molecule has 4 nitrogen and oxygen atoms in total. The zero-order valence-corrected chi connectivity index (χ0v) is 13.6. The van der Waals surface area contributed by atoms with Gasteiger partial charge in [-0.25, -0.2) is 0 Å². The van der Waals surface area contributed by atoms with Crippen LogP contribution in [0.1, 0.15) is 25.3 Å². The zero-order valence-electron chi connectivity index (χ0n) is 12.8. The summed E-state index contributed by atoms with van der Waals surface area (Å²) in [5.41, 5.74) is 1.05. The van der Waals surface area contributed by atoms with Crippen LogP contribution >= 0.6 is 12.4 Å². The quantitative estimate of drug-likeness (QED) is 0.907. The number of carbonyl (C=O) groups is 1. The molecule has 1 heterocycles. The molecule has 0 bridgehead atoms. The first-order chi connectivity index (χ1) is 9.72. The minimum Gasteiger partial charge on any atom is -0.494 e. The third kappa shape index (κ3) is 5.21. The van der Waals surface area contributed by atoms with Crippen LogP contribution in [-0.2, 0) is 11.2 Å². The molecule has 1 fully saturated rings. The number of hydrogen-bond donors (Lipinski definition) is 1. The summed E-state index contributed by atoms with van der Waals surface area (Å²) in [6, 6.07) is 8.37. The summed E-state index contributed by atoms with van der Waals surface area (Å²) in [7, 11) is 1.99. The van der Waals surface area contributed by atoms with Gasteiger partial charge >= 0.3 is 0 Å². The number of rotatable bonds is 5. The highest BCUT2D eigenvalue weighted by atomic mass is 35.5. The Morgan fingerprint density at radius 3 is 2.43 bits per heavy atom. The van der Waals surface area contributed by atoms with Crippen molar-refractivity contribution >= 4 is 18.3 Å². The van der Waals surface area contributed by atoms with E-state index in [1.165, 1.54) is 0 Å². The Balaban J connectivity index is 0.00000220. The molecule has 0 saturated carbocycles. The van der Waals surface area contributed by atoms with Gasteiger partial charge in [0.25, 0.3) is 0 Å². The van der Waals surface area contributed by atoms with Gasteiger partial charge < -0.3 is 15.0 Å². The van der Waals surface area contributed by atoms with Crippen molar-refractivity contribution in [3.8, 4) is 5.75 Å². The molecule has 0 spiro atoms. The number of hydrogen-bond acceptors (Lipinski definition) is 3. The Morgan fingerprint density at radius 1 is 1.29 bits per heavy atom. The average Bonchev–Trinajstić information content (AvgIpc) is 2.49. The van der Waals surface area contributed by atoms with E-state index in [1.807, 2.05) is 43.1 Å². The molecule has 1 amide bonds. The average molecular weight is 313 g/mol. The molecule has 1 saturated heterocycles. The highest BCUT2D eigenvalue weighted by Gasteiger charge is 2.21. The molecule has 1 N–H and O–H groups in total. The maximum Gasteiger partial charge on any atom is 0.226 e. The Hall–Kier alpha value is -1.26. The van der Waals surface area contributed by atoms with E-state index in [0.29, 0.717) is 19.1 Å². The van der Waals surface area contributed by atoms with Crippen LogP contribution in [0.3, 0.4) is 0 Å². The van der Waals surface area contributed by atoms with E-state index < -0.39 is 0 Å². The lowest BCUT2D eigenvalue weighted by atomic mass is 10.0. The smallest absolute Gasteiger partial charge is 0.226 e. The number of benzene rings is 1. The SMILES string of the molecule is CCOc1ccc(CC(=O)N2CCC(NC)CC2)cc1.Cl. The summed E-state index contributed by atoms with van der Waals surface area (Å²) in [6.07, 6.45) is 2.58. The summed E-state index contributed by atoms with van der Waals surface area (Å²) < 4.78 is 5.40. The first kappa shape index (κ1) is 17.8. The first-order valence-electron chi connectivity index (χ1n) is 7.39. The summed E-state index contributed by atoms with van der Waals surface area (Å²) in [4.78, 5) is 14.2. The van der Waals surface area contributed by atoms with Crippen LogP contribution < -0.4 is 10.1 Å². The van der Waals surface area contributed by atoms with Gasteiger partial charge in [-0.05, 0) is 44.5 Å². The molecule has 0 aliphatic carbocycles. The molecular weight excluding hydrogens is 288 g/mol. The largest absolute Gasteiger partial charge is 0.494 e. The Morgan fingerprint density at radius 2 is 1.90 bits per heavy atom. The number of piperidine rings is 1. The molecule has 21 heavy (non-hydrogen) atoms. The lowest BCUT2D eigenvalue weighted by Crippen LogP contribution is -2.44. The van der Waals surface area contributed by atoms with Gasteiger partial charge in [0.1, 0.15) is 5.75 Å².